The van der Waals surface area contributed by atoms with E-state index in [1.54, 1.807) is 18.2 Å². The van der Waals surface area contributed by atoms with E-state index in [0.29, 0.717) is 17.1 Å². The fourth-order valence-electron chi connectivity index (χ4n) is 1.84. The zero-order valence-electron chi connectivity index (χ0n) is 10.9. The number of aryl methyl sites for hydroxylation is 1. The molecular weight excluding hydrogens is 336 g/mol. The minimum atomic E-state index is -0.324. The van der Waals surface area contributed by atoms with Crippen LogP contribution in [0.25, 0.3) is 0 Å². The molecule has 0 aliphatic rings. The summed E-state index contributed by atoms with van der Waals surface area (Å²) in [5.74, 6) is -0.324. The Morgan fingerprint density at radius 1 is 1.15 bits per heavy atom. The van der Waals surface area contributed by atoms with Crippen LogP contribution in [0.3, 0.4) is 0 Å². The minimum absolute atomic E-state index is 0.324. The number of carbonyl (C=O) groups is 1. The van der Waals surface area contributed by atoms with E-state index in [1.165, 1.54) is 5.56 Å². The molecule has 0 saturated carbocycles. The van der Waals surface area contributed by atoms with Crippen molar-refractivity contribution < 1.29 is 9.53 Å². The number of benzene rings is 2. The van der Waals surface area contributed by atoms with Crippen molar-refractivity contribution in [3.05, 3.63) is 64.1 Å². The fraction of sp³-hybridized carbons (Fsp3) is 0.188. The predicted octanol–water partition coefficient (Wildman–Crippen LogP) is 4.53. The highest BCUT2D eigenvalue weighted by Crippen LogP contribution is 2.20. The molecule has 0 aromatic heterocycles. The average molecular weight is 351 g/mol. The molecule has 2 aromatic carbocycles. The Morgan fingerprint density at radius 3 is 2.60 bits per heavy atom. The Kier molecular flexibility index (Phi) is 5.68. The second-order valence-corrected chi connectivity index (χ2v) is 5.78. The second kappa shape index (κ2) is 7.50. The van der Waals surface area contributed by atoms with Gasteiger partial charge in [-0.2, -0.15) is 0 Å². The zero-order chi connectivity index (χ0) is 14.4. The summed E-state index contributed by atoms with van der Waals surface area (Å²) in [6.45, 7) is 0.414. The Labute approximate surface area is 132 Å². The van der Waals surface area contributed by atoms with Gasteiger partial charge in [-0.1, -0.05) is 46.3 Å². The predicted molar refractivity (Wildman–Crippen MR) is 86.4 cm³/mol. The summed E-state index contributed by atoms with van der Waals surface area (Å²) in [6.07, 6.45) is 1.72. The highest BCUT2D eigenvalue weighted by molar-refractivity contribution is 9.10. The van der Waals surface area contributed by atoms with Crippen molar-refractivity contribution in [3.63, 3.8) is 0 Å². The van der Waals surface area contributed by atoms with Gasteiger partial charge in [-0.3, -0.25) is 0 Å². The van der Waals surface area contributed by atoms with Crippen molar-refractivity contribution in [1.29, 1.82) is 0 Å². The molecule has 0 aliphatic carbocycles. The molecule has 0 N–H and O–H groups in total. The van der Waals surface area contributed by atoms with Gasteiger partial charge in [-0.15, -0.1) is 12.6 Å². The number of rotatable bonds is 5. The highest BCUT2D eigenvalue weighted by Gasteiger charge is 2.10. The molecule has 2 rings (SSSR count). The van der Waals surface area contributed by atoms with Crippen LogP contribution in [0, 0.1) is 0 Å². The molecule has 0 amide bonds. The number of carbonyl (C=O) groups excluding carboxylic acids is 1. The molecule has 0 fully saturated rings. The van der Waals surface area contributed by atoms with Crippen molar-refractivity contribution in [2.75, 3.05) is 6.61 Å². The SMILES string of the molecule is O=C(OCCCc1ccccc1)c1ccc(Br)cc1S. The Bertz CT molecular complexity index is 584. The standard InChI is InChI=1S/C16H15BrO2S/c17-13-8-9-14(15(20)11-13)16(18)19-10-4-7-12-5-2-1-3-6-12/h1-3,5-6,8-9,11,20H,4,7,10H2. The lowest BCUT2D eigenvalue weighted by Gasteiger charge is -2.07. The quantitative estimate of drug-likeness (QED) is 0.487. The van der Waals surface area contributed by atoms with Gasteiger partial charge in [0.05, 0.1) is 12.2 Å². The molecule has 0 saturated heterocycles. The molecule has 0 radical (unpaired) electrons. The largest absolute Gasteiger partial charge is 0.462 e. The molecule has 0 unspecified atom stereocenters. The summed E-state index contributed by atoms with van der Waals surface area (Å²) >= 11 is 7.61. The van der Waals surface area contributed by atoms with Gasteiger partial charge in [-0.05, 0) is 36.6 Å². The van der Waals surface area contributed by atoms with Gasteiger partial charge in [0.2, 0.25) is 0 Å². The maximum atomic E-state index is 11.9. The lowest BCUT2D eigenvalue weighted by atomic mass is 10.1. The van der Waals surface area contributed by atoms with E-state index in [1.807, 2.05) is 18.2 Å². The Balaban J connectivity index is 1.80. The summed E-state index contributed by atoms with van der Waals surface area (Å²) in [6, 6.07) is 15.5. The van der Waals surface area contributed by atoms with Crippen LogP contribution in [0.5, 0.6) is 0 Å². The van der Waals surface area contributed by atoms with Crippen LogP contribution in [-0.2, 0) is 11.2 Å². The maximum absolute atomic E-state index is 11.9. The lowest BCUT2D eigenvalue weighted by Crippen LogP contribution is -2.08. The maximum Gasteiger partial charge on any atom is 0.339 e. The van der Waals surface area contributed by atoms with Gasteiger partial charge in [0.1, 0.15) is 0 Å². The highest BCUT2D eigenvalue weighted by atomic mass is 79.9. The van der Waals surface area contributed by atoms with Gasteiger partial charge >= 0.3 is 5.97 Å². The van der Waals surface area contributed by atoms with Crippen LogP contribution in [-0.4, -0.2) is 12.6 Å². The molecular formula is C16H15BrO2S. The molecule has 2 aromatic rings. The smallest absolute Gasteiger partial charge is 0.339 e. The molecule has 0 bridgehead atoms. The van der Waals surface area contributed by atoms with Crippen LogP contribution in [0.2, 0.25) is 0 Å². The van der Waals surface area contributed by atoms with E-state index in [4.69, 9.17) is 4.74 Å². The van der Waals surface area contributed by atoms with Crippen molar-refractivity contribution >= 4 is 34.5 Å². The second-order valence-electron chi connectivity index (χ2n) is 4.39. The number of hydrogen-bond acceptors (Lipinski definition) is 3. The summed E-state index contributed by atoms with van der Waals surface area (Å²) in [5.41, 5.74) is 1.75. The van der Waals surface area contributed by atoms with E-state index in [-0.39, 0.29) is 5.97 Å². The topological polar surface area (TPSA) is 26.3 Å². The lowest BCUT2D eigenvalue weighted by molar-refractivity contribution is 0.0496. The summed E-state index contributed by atoms with van der Waals surface area (Å²) in [4.78, 5) is 12.5. The molecule has 0 heterocycles. The normalized spacial score (nSPS) is 10.3. The summed E-state index contributed by atoms with van der Waals surface area (Å²) in [5, 5.41) is 0. The van der Waals surface area contributed by atoms with Crippen LogP contribution in [0.4, 0.5) is 0 Å². The molecule has 104 valence electrons. The third-order valence-electron chi connectivity index (χ3n) is 2.87. The molecule has 2 nitrogen and oxygen atoms in total. The first-order valence-electron chi connectivity index (χ1n) is 6.36. The van der Waals surface area contributed by atoms with Crippen LogP contribution in [0.1, 0.15) is 22.3 Å². The fourth-order valence-corrected chi connectivity index (χ4v) is 2.68. The molecule has 0 spiro atoms. The van der Waals surface area contributed by atoms with Gasteiger partial charge in [0.25, 0.3) is 0 Å². The van der Waals surface area contributed by atoms with E-state index < -0.39 is 0 Å². The molecule has 4 heteroatoms. The average Bonchev–Trinajstić information content (AvgIpc) is 2.44. The van der Waals surface area contributed by atoms with Gasteiger partial charge in [0.15, 0.2) is 0 Å². The van der Waals surface area contributed by atoms with Gasteiger partial charge in [0, 0.05) is 9.37 Å². The minimum Gasteiger partial charge on any atom is -0.462 e. The number of ether oxygens (including phenoxy) is 1. The van der Waals surface area contributed by atoms with Crippen LogP contribution < -0.4 is 0 Å². The van der Waals surface area contributed by atoms with E-state index in [9.17, 15) is 4.79 Å². The van der Waals surface area contributed by atoms with Gasteiger partial charge in [-0.25, -0.2) is 4.79 Å². The monoisotopic (exact) mass is 350 g/mol. The molecule has 0 atom stereocenters. The Hall–Kier alpha value is -1.26. The van der Waals surface area contributed by atoms with Crippen LogP contribution in [0.15, 0.2) is 57.9 Å². The molecule has 20 heavy (non-hydrogen) atoms. The van der Waals surface area contributed by atoms with Crippen molar-refractivity contribution in [3.8, 4) is 0 Å². The third-order valence-corrected chi connectivity index (χ3v) is 3.73. The Morgan fingerprint density at radius 2 is 1.90 bits per heavy atom. The summed E-state index contributed by atoms with van der Waals surface area (Å²) in [7, 11) is 0. The van der Waals surface area contributed by atoms with Crippen molar-refractivity contribution in [2.45, 2.75) is 17.7 Å². The first-order valence-corrected chi connectivity index (χ1v) is 7.60. The number of hydrogen-bond donors (Lipinski definition) is 1. The van der Waals surface area contributed by atoms with Gasteiger partial charge < -0.3 is 4.74 Å². The van der Waals surface area contributed by atoms with E-state index in [0.717, 1.165) is 17.3 Å². The summed E-state index contributed by atoms with van der Waals surface area (Å²) < 4.78 is 6.16. The number of thiol groups is 1. The van der Waals surface area contributed by atoms with Crippen LogP contribution >= 0.6 is 28.6 Å². The first kappa shape index (κ1) is 15.1. The molecule has 0 aliphatic heterocycles. The third kappa shape index (κ3) is 4.39. The zero-order valence-corrected chi connectivity index (χ0v) is 13.4. The van der Waals surface area contributed by atoms with Crippen molar-refractivity contribution in [2.24, 2.45) is 0 Å². The number of esters is 1. The number of halogens is 1. The van der Waals surface area contributed by atoms with E-state index >= 15 is 0 Å². The van der Waals surface area contributed by atoms with Crippen molar-refractivity contribution in [1.82, 2.24) is 0 Å². The first-order chi connectivity index (χ1) is 9.66. The van der Waals surface area contributed by atoms with E-state index in [2.05, 4.69) is 40.7 Å².